The van der Waals surface area contributed by atoms with E-state index in [4.69, 9.17) is 0 Å². The molecule has 0 saturated carbocycles. The standard InChI is InChI=1S/C11H7N3/c1-2-10-11(14-6-5-13-10)9-3-4-12-7-8(1)9/h1-7H. The smallest absolute Gasteiger partial charge is 0.0966 e. The fourth-order valence-electron chi connectivity index (χ4n) is 1.60. The fourth-order valence-corrected chi connectivity index (χ4v) is 1.60. The quantitative estimate of drug-likeness (QED) is 0.499. The molecular weight excluding hydrogens is 174 g/mol. The molecule has 3 rings (SSSR count). The van der Waals surface area contributed by atoms with Crippen molar-refractivity contribution in [1.82, 2.24) is 15.0 Å². The predicted molar refractivity (Wildman–Crippen MR) is 54.8 cm³/mol. The number of rotatable bonds is 0. The highest BCUT2D eigenvalue weighted by Crippen LogP contribution is 2.20. The maximum atomic E-state index is 4.32. The normalized spacial score (nSPS) is 10.9. The van der Waals surface area contributed by atoms with Crippen LogP contribution in [-0.2, 0) is 0 Å². The first-order chi connectivity index (χ1) is 6.95. The zero-order valence-electron chi connectivity index (χ0n) is 7.38. The molecule has 66 valence electrons. The number of aromatic nitrogens is 3. The Morgan fingerprint density at radius 3 is 2.79 bits per heavy atom. The maximum absolute atomic E-state index is 4.32. The average molecular weight is 181 g/mol. The summed E-state index contributed by atoms with van der Waals surface area (Å²) in [6, 6.07) is 5.94. The van der Waals surface area contributed by atoms with E-state index in [2.05, 4.69) is 15.0 Å². The van der Waals surface area contributed by atoms with Crippen molar-refractivity contribution >= 4 is 21.8 Å². The third-order valence-electron chi connectivity index (χ3n) is 2.25. The Morgan fingerprint density at radius 1 is 0.857 bits per heavy atom. The van der Waals surface area contributed by atoms with Gasteiger partial charge in [0, 0.05) is 35.6 Å². The van der Waals surface area contributed by atoms with E-state index < -0.39 is 0 Å². The van der Waals surface area contributed by atoms with Crippen molar-refractivity contribution in [1.29, 1.82) is 0 Å². The first-order valence-corrected chi connectivity index (χ1v) is 4.38. The molecule has 0 atom stereocenters. The van der Waals surface area contributed by atoms with Gasteiger partial charge in [0.05, 0.1) is 11.0 Å². The Labute approximate surface area is 80.5 Å². The minimum absolute atomic E-state index is 0.922. The largest absolute Gasteiger partial charge is 0.264 e. The molecule has 0 spiro atoms. The van der Waals surface area contributed by atoms with E-state index >= 15 is 0 Å². The van der Waals surface area contributed by atoms with Crippen molar-refractivity contribution in [2.45, 2.75) is 0 Å². The molecule has 0 N–H and O–H groups in total. The second-order valence-electron chi connectivity index (χ2n) is 3.09. The van der Waals surface area contributed by atoms with Crippen molar-refractivity contribution in [3.8, 4) is 0 Å². The number of fused-ring (bicyclic) bond motifs is 3. The Kier molecular flexibility index (Phi) is 1.44. The van der Waals surface area contributed by atoms with E-state index in [1.54, 1.807) is 18.6 Å². The number of benzene rings is 1. The summed E-state index contributed by atoms with van der Waals surface area (Å²) in [5, 5.41) is 2.20. The molecule has 0 aliphatic rings. The van der Waals surface area contributed by atoms with Crippen molar-refractivity contribution in [3.63, 3.8) is 0 Å². The third kappa shape index (κ3) is 0.956. The lowest BCUT2D eigenvalue weighted by Gasteiger charge is -2.00. The van der Waals surface area contributed by atoms with Gasteiger partial charge in [0.2, 0.25) is 0 Å². The SMILES string of the molecule is c1cc2c(ccc3nccnc32)cn1. The Bertz CT molecular complexity index is 550. The Balaban J connectivity index is 2.61. The molecule has 1 aromatic carbocycles. The van der Waals surface area contributed by atoms with E-state index in [9.17, 15) is 0 Å². The van der Waals surface area contributed by atoms with Crippen molar-refractivity contribution in [3.05, 3.63) is 43.0 Å². The lowest BCUT2D eigenvalue weighted by molar-refractivity contribution is 1.30. The lowest BCUT2D eigenvalue weighted by atomic mass is 10.1. The first kappa shape index (κ1) is 7.38. The van der Waals surface area contributed by atoms with Crippen LogP contribution in [-0.4, -0.2) is 15.0 Å². The summed E-state index contributed by atoms with van der Waals surface area (Å²) >= 11 is 0. The highest BCUT2D eigenvalue weighted by molar-refractivity contribution is 6.03. The minimum Gasteiger partial charge on any atom is -0.264 e. The van der Waals surface area contributed by atoms with Crippen LogP contribution in [0.1, 0.15) is 0 Å². The van der Waals surface area contributed by atoms with Crippen LogP contribution >= 0.6 is 0 Å². The molecule has 2 heterocycles. The van der Waals surface area contributed by atoms with Gasteiger partial charge in [-0.2, -0.15) is 0 Å². The van der Waals surface area contributed by atoms with Gasteiger partial charge in [-0.3, -0.25) is 15.0 Å². The second kappa shape index (κ2) is 2.73. The molecule has 3 nitrogen and oxygen atoms in total. The molecule has 0 unspecified atom stereocenters. The number of hydrogen-bond donors (Lipinski definition) is 0. The molecule has 0 radical (unpaired) electrons. The zero-order chi connectivity index (χ0) is 9.38. The summed E-state index contributed by atoms with van der Waals surface area (Å²) in [6.45, 7) is 0. The van der Waals surface area contributed by atoms with Crippen molar-refractivity contribution in [2.75, 3.05) is 0 Å². The molecule has 0 aliphatic heterocycles. The maximum Gasteiger partial charge on any atom is 0.0966 e. The van der Waals surface area contributed by atoms with E-state index in [0.717, 1.165) is 21.8 Å². The van der Waals surface area contributed by atoms with Gasteiger partial charge in [-0.15, -0.1) is 0 Å². The molecule has 14 heavy (non-hydrogen) atoms. The summed E-state index contributed by atoms with van der Waals surface area (Å²) in [6.07, 6.45) is 7.03. The summed E-state index contributed by atoms with van der Waals surface area (Å²) in [7, 11) is 0. The molecule has 0 bridgehead atoms. The van der Waals surface area contributed by atoms with Gasteiger partial charge in [-0.25, -0.2) is 0 Å². The summed E-state index contributed by atoms with van der Waals surface area (Å²) in [5.41, 5.74) is 1.86. The molecule has 0 amide bonds. The Morgan fingerprint density at radius 2 is 1.79 bits per heavy atom. The predicted octanol–water partition coefficient (Wildman–Crippen LogP) is 2.18. The molecule has 0 aliphatic carbocycles. The van der Waals surface area contributed by atoms with E-state index in [0.29, 0.717) is 0 Å². The van der Waals surface area contributed by atoms with E-state index in [1.165, 1.54) is 0 Å². The van der Waals surface area contributed by atoms with Crippen LogP contribution in [0, 0.1) is 0 Å². The van der Waals surface area contributed by atoms with Gasteiger partial charge in [0.1, 0.15) is 0 Å². The zero-order valence-corrected chi connectivity index (χ0v) is 7.38. The van der Waals surface area contributed by atoms with Crippen LogP contribution < -0.4 is 0 Å². The van der Waals surface area contributed by atoms with Crippen molar-refractivity contribution < 1.29 is 0 Å². The van der Waals surface area contributed by atoms with Gasteiger partial charge >= 0.3 is 0 Å². The van der Waals surface area contributed by atoms with Crippen LogP contribution in [0.25, 0.3) is 21.8 Å². The summed E-state index contributed by atoms with van der Waals surface area (Å²) in [5.74, 6) is 0. The third-order valence-corrected chi connectivity index (χ3v) is 2.25. The van der Waals surface area contributed by atoms with Gasteiger partial charge in [0.25, 0.3) is 0 Å². The van der Waals surface area contributed by atoms with Crippen LogP contribution in [0.2, 0.25) is 0 Å². The highest BCUT2D eigenvalue weighted by atomic mass is 14.8. The van der Waals surface area contributed by atoms with E-state index in [1.807, 2.05) is 24.4 Å². The molecule has 0 fully saturated rings. The molecule has 3 heteroatoms. The van der Waals surface area contributed by atoms with Crippen molar-refractivity contribution in [2.24, 2.45) is 0 Å². The van der Waals surface area contributed by atoms with E-state index in [-0.39, 0.29) is 0 Å². The monoisotopic (exact) mass is 181 g/mol. The topological polar surface area (TPSA) is 38.7 Å². The summed E-state index contributed by atoms with van der Waals surface area (Å²) in [4.78, 5) is 12.6. The van der Waals surface area contributed by atoms with Crippen LogP contribution in [0.5, 0.6) is 0 Å². The molecule has 3 aromatic rings. The second-order valence-corrected chi connectivity index (χ2v) is 3.09. The van der Waals surface area contributed by atoms with Crippen LogP contribution in [0.3, 0.4) is 0 Å². The van der Waals surface area contributed by atoms with Crippen LogP contribution in [0.15, 0.2) is 43.0 Å². The number of pyridine rings is 1. The lowest BCUT2D eigenvalue weighted by Crippen LogP contribution is -1.84. The van der Waals surface area contributed by atoms with Gasteiger partial charge < -0.3 is 0 Å². The number of hydrogen-bond acceptors (Lipinski definition) is 3. The molecule has 2 aromatic heterocycles. The van der Waals surface area contributed by atoms with Crippen LogP contribution in [0.4, 0.5) is 0 Å². The number of nitrogens with zero attached hydrogens (tertiary/aromatic N) is 3. The first-order valence-electron chi connectivity index (χ1n) is 4.38. The van der Waals surface area contributed by atoms with Gasteiger partial charge in [-0.1, -0.05) is 6.07 Å². The highest BCUT2D eigenvalue weighted by Gasteiger charge is 2.00. The average Bonchev–Trinajstić information content (AvgIpc) is 2.29. The van der Waals surface area contributed by atoms with Gasteiger partial charge in [-0.05, 0) is 12.1 Å². The minimum atomic E-state index is 0.922. The molecular formula is C11H7N3. The fraction of sp³-hybridized carbons (Fsp3) is 0. The summed E-state index contributed by atoms with van der Waals surface area (Å²) < 4.78 is 0. The molecule has 0 saturated heterocycles. The van der Waals surface area contributed by atoms with Gasteiger partial charge in [0.15, 0.2) is 0 Å². The Hall–Kier alpha value is -2.03.